The molecule has 0 aromatic carbocycles. The lowest BCUT2D eigenvalue weighted by molar-refractivity contribution is 0.0928. The Kier molecular flexibility index (Phi) is 5.42. The molecule has 1 saturated carbocycles. The van der Waals surface area contributed by atoms with Gasteiger partial charge in [0.15, 0.2) is 5.82 Å². The maximum atomic E-state index is 12.4. The van der Waals surface area contributed by atoms with E-state index in [-0.39, 0.29) is 23.6 Å². The Balaban J connectivity index is 1.65. The van der Waals surface area contributed by atoms with Gasteiger partial charge in [0.1, 0.15) is 11.5 Å². The molecule has 0 unspecified atom stereocenters. The second-order valence-corrected chi connectivity index (χ2v) is 6.37. The van der Waals surface area contributed by atoms with Crippen molar-refractivity contribution in [1.82, 2.24) is 15.5 Å². The van der Waals surface area contributed by atoms with Crippen LogP contribution in [0.2, 0.25) is 0 Å². The monoisotopic (exact) mass is 342 g/mol. The minimum Gasteiger partial charge on any atom is -0.360 e. The summed E-state index contributed by atoms with van der Waals surface area (Å²) in [5.74, 6) is 0.343. The molecule has 0 radical (unpaired) electrons. The van der Waals surface area contributed by atoms with Crippen molar-refractivity contribution in [3.05, 3.63) is 41.4 Å². The largest absolute Gasteiger partial charge is 0.360 e. The SMILES string of the molecule is Cc1cc(NC(=O)c2ccnc(C(=O)NC3CCCCCC3)c2)no1. The maximum Gasteiger partial charge on any atom is 0.270 e. The van der Waals surface area contributed by atoms with E-state index >= 15 is 0 Å². The molecule has 2 amide bonds. The van der Waals surface area contributed by atoms with Crippen LogP contribution in [0.15, 0.2) is 28.9 Å². The van der Waals surface area contributed by atoms with Crippen LogP contribution < -0.4 is 10.6 Å². The summed E-state index contributed by atoms with van der Waals surface area (Å²) in [7, 11) is 0. The molecular formula is C18H22N4O3. The number of nitrogens with one attached hydrogen (secondary N) is 2. The Hall–Kier alpha value is -2.70. The Morgan fingerprint density at radius 2 is 1.88 bits per heavy atom. The Morgan fingerprint density at radius 3 is 2.56 bits per heavy atom. The average Bonchev–Trinajstić information content (AvgIpc) is 2.85. The number of hydrogen-bond acceptors (Lipinski definition) is 5. The zero-order valence-electron chi connectivity index (χ0n) is 14.2. The molecule has 1 aliphatic rings. The number of rotatable bonds is 4. The number of aryl methyl sites for hydroxylation is 1. The summed E-state index contributed by atoms with van der Waals surface area (Å²) < 4.78 is 4.92. The van der Waals surface area contributed by atoms with Crippen molar-refractivity contribution in [3.8, 4) is 0 Å². The van der Waals surface area contributed by atoms with E-state index in [4.69, 9.17) is 4.52 Å². The average molecular weight is 342 g/mol. The summed E-state index contributed by atoms with van der Waals surface area (Å²) >= 11 is 0. The number of amides is 2. The molecule has 2 heterocycles. The Bertz CT molecular complexity index is 748. The first-order chi connectivity index (χ1) is 12.1. The molecule has 1 aliphatic carbocycles. The van der Waals surface area contributed by atoms with Gasteiger partial charge in [-0.1, -0.05) is 30.8 Å². The summed E-state index contributed by atoms with van der Waals surface area (Å²) in [5, 5.41) is 9.39. The number of nitrogens with zero attached hydrogens (tertiary/aromatic N) is 2. The molecule has 3 rings (SSSR count). The van der Waals surface area contributed by atoms with Crippen LogP contribution in [0.5, 0.6) is 0 Å². The summed E-state index contributed by atoms with van der Waals surface area (Å²) in [6, 6.07) is 4.87. The van der Waals surface area contributed by atoms with E-state index in [2.05, 4.69) is 20.8 Å². The van der Waals surface area contributed by atoms with Crippen LogP contribution in [0.1, 0.15) is 65.1 Å². The molecule has 1 fully saturated rings. The third-order valence-corrected chi connectivity index (χ3v) is 4.31. The van der Waals surface area contributed by atoms with Gasteiger partial charge >= 0.3 is 0 Å². The lowest BCUT2D eigenvalue weighted by Gasteiger charge is -2.16. The number of hydrogen-bond donors (Lipinski definition) is 2. The first-order valence-electron chi connectivity index (χ1n) is 8.63. The van der Waals surface area contributed by atoms with Crippen molar-refractivity contribution in [2.45, 2.75) is 51.5 Å². The van der Waals surface area contributed by atoms with Gasteiger partial charge in [-0.3, -0.25) is 14.6 Å². The summed E-state index contributed by atoms with van der Waals surface area (Å²) in [6.45, 7) is 1.74. The maximum absolute atomic E-state index is 12.4. The smallest absolute Gasteiger partial charge is 0.270 e. The van der Waals surface area contributed by atoms with Gasteiger partial charge in [-0.15, -0.1) is 0 Å². The minimum atomic E-state index is -0.362. The molecule has 0 atom stereocenters. The van der Waals surface area contributed by atoms with Crippen LogP contribution in [0.25, 0.3) is 0 Å². The zero-order valence-corrected chi connectivity index (χ0v) is 14.2. The van der Waals surface area contributed by atoms with Crippen molar-refractivity contribution in [1.29, 1.82) is 0 Å². The molecule has 7 nitrogen and oxygen atoms in total. The minimum absolute atomic E-state index is 0.187. The summed E-state index contributed by atoms with van der Waals surface area (Å²) in [6.07, 6.45) is 8.18. The second kappa shape index (κ2) is 7.92. The Morgan fingerprint density at radius 1 is 1.12 bits per heavy atom. The van der Waals surface area contributed by atoms with Crippen molar-refractivity contribution in [2.24, 2.45) is 0 Å². The van der Waals surface area contributed by atoms with E-state index in [0.29, 0.717) is 17.1 Å². The van der Waals surface area contributed by atoms with Crippen LogP contribution in [0.4, 0.5) is 5.82 Å². The number of pyridine rings is 1. The number of carbonyl (C=O) groups excluding carboxylic acids is 2. The Labute approximate surface area is 146 Å². The normalized spacial score (nSPS) is 15.4. The molecule has 2 aromatic rings. The quantitative estimate of drug-likeness (QED) is 0.832. The lowest BCUT2D eigenvalue weighted by Crippen LogP contribution is -2.35. The first-order valence-corrected chi connectivity index (χ1v) is 8.63. The van der Waals surface area contributed by atoms with Gasteiger partial charge < -0.3 is 15.2 Å². The third-order valence-electron chi connectivity index (χ3n) is 4.31. The number of carbonyl (C=O) groups is 2. The highest BCUT2D eigenvalue weighted by molar-refractivity contribution is 6.05. The number of aromatic nitrogens is 2. The lowest BCUT2D eigenvalue weighted by atomic mass is 10.1. The highest BCUT2D eigenvalue weighted by Crippen LogP contribution is 2.17. The van der Waals surface area contributed by atoms with Crippen LogP contribution >= 0.6 is 0 Å². The third kappa shape index (κ3) is 4.65. The predicted octanol–water partition coefficient (Wildman–Crippen LogP) is 3.08. The molecule has 0 bridgehead atoms. The van der Waals surface area contributed by atoms with E-state index in [1.165, 1.54) is 25.1 Å². The van der Waals surface area contributed by atoms with Gasteiger partial charge in [-0.25, -0.2) is 0 Å². The standard InChI is InChI=1S/C18H22N4O3/c1-12-10-16(22-25-12)21-17(23)13-8-9-19-15(11-13)18(24)20-14-6-4-2-3-5-7-14/h8-11,14H,2-7H2,1H3,(H,20,24)(H,21,22,23). The van der Waals surface area contributed by atoms with Gasteiger partial charge in [0, 0.05) is 23.9 Å². The van der Waals surface area contributed by atoms with Crippen molar-refractivity contribution < 1.29 is 14.1 Å². The first kappa shape index (κ1) is 17.1. The molecular weight excluding hydrogens is 320 g/mol. The van der Waals surface area contributed by atoms with E-state index in [1.807, 2.05) is 0 Å². The number of anilines is 1. The van der Waals surface area contributed by atoms with Crippen molar-refractivity contribution >= 4 is 17.6 Å². The topological polar surface area (TPSA) is 97.1 Å². The molecule has 2 N–H and O–H groups in total. The van der Waals surface area contributed by atoms with Gasteiger partial charge in [-0.2, -0.15) is 0 Å². The van der Waals surface area contributed by atoms with E-state index < -0.39 is 0 Å². The van der Waals surface area contributed by atoms with Crippen molar-refractivity contribution in [3.63, 3.8) is 0 Å². The molecule has 0 saturated heterocycles. The van der Waals surface area contributed by atoms with Gasteiger partial charge in [0.25, 0.3) is 11.8 Å². The van der Waals surface area contributed by atoms with Crippen LogP contribution in [-0.2, 0) is 0 Å². The van der Waals surface area contributed by atoms with Gasteiger partial charge in [0.2, 0.25) is 0 Å². The van der Waals surface area contributed by atoms with E-state index in [9.17, 15) is 9.59 Å². The van der Waals surface area contributed by atoms with Crippen LogP contribution in [0, 0.1) is 6.92 Å². The highest BCUT2D eigenvalue weighted by atomic mass is 16.5. The predicted molar refractivity (Wildman–Crippen MR) is 92.4 cm³/mol. The van der Waals surface area contributed by atoms with Crippen molar-refractivity contribution in [2.75, 3.05) is 5.32 Å². The summed E-state index contributed by atoms with van der Waals surface area (Å²) in [4.78, 5) is 28.8. The highest BCUT2D eigenvalue weighted by Gasteiger charge is 2.18. The fourth-order valence-electron chi connectivity index (χ4n) is 2.99. The molecule has 0 spiro atoms. The second-order valence-electron chi connectivity index (χ2n) is 6.37. The molecule has 2 aromatic heterocycles. The molecule has 132 valence electrons. The fraction of sp³-hybridized carbons (Fsp3) is 0.444. The molecule has 0 aliphatic heterocycles. The van der Waals surface area contributed by atoms with Crippen LogP contribution in [-0.4, -0.2) is 28.0 Å². The van der Waals surface area contributed by atoms with E-state index in [1.54, 1.807) is 19.1 Å². The zero-order chi connectivity index (χ0) is 17.6. The van der Waals surface area contributed by atoms with Gasteiger partial charge in [0.05, 0.1) is 0 Å². The molecule has 7 heteroatoms. The van der Waals surface area contributed by atoms with E-state index in [0.717, 1.165) is 25.7 Å². The molecule has 25 heavy (non-hydrogen) atoms. The van der Waals surface area contributed by atoms with Gasteiger partial charge in [-0.05, 0) is 31.9 Å². The van der Waals surface area contributed by atoms with Crippen LogP contribution in [0.3, 0.4) is 0 Å². The fourth-order valence-corrected chi connectivity index (χ4v) is 2.99. The summed E-state index contributed by atoms with van der Waals surface area (Å²) in [5.41, 5.74) is 0.592.